The van der Waals surface area contributed by atoms with Crippen LogP contribution in [0.2, 0.25) is 0 Å². The smallest absolute Gasteiger partial charge is 0.123 e. The lowest BCUT2D eigenvalue weighted by atomic mass is 9.86. The summed E-state index contributed by atoms with van der Waals surface area (Å²) in [7, 11) is 0. The fraction of sp³-hybridized carbons (Fsp3) is 0.125. The van der Waals surface area contributed by atoms with Gasteiger partial charge in [-0.25, -0.2) is 8.78 Å². The molecule has 0 aliphatic carbocycles. The Kier molecular flexibility index (Phi) is 7.24. The van der Waals surface area contributed by atoms with E-state index in [9.17, 15) is 0 Å². The second kappa shape index (κ2) is 11.8. The summed E-state index contributed by atoms with van der Waals surface area (Å²) in [6.07, 6.45) is 0. The van der Waals surface area contributed by atoms with Crippen molar-refractivity contribution in [2.24, 2.45) is 0 Å². The van der Waals surface area contributed by atoms with Crippen LogP contribution in [0.3, 0.4) is 0 Å². The van der Waals surface area contributed by atoms with Gasteiger partial charge in [0, 0.05) is 32.7 Å². The summed E-state index contributed by atoms with van der Waals surface area (Å²) in [4.78, 5) is 0. The molecule has 7 aromatic carbocycles. The Morgan fingerprint density at radius 3 is 1.02 bits per heavy atom. The first kappa shape index (κ1) is 31.9. The van der Waals surface area contributed by atoms with Crippen molar-refractivity contribution >= 4 is 43.6 Å². The van der Waals surface area contributed by atoms with Gasteiger partial charge in [-0.15, -0.1) is 0 Å². The van der Waals surface area contributed by atoms with Crippen molar-refractivity contribution in [3.05, 3.63) is 166 Å². The molecule has 0 bridgehead atoms. The summed E-state index contributed by atoms with van der Waals surface area (Å²) in [5.74, 6) is -0.623. The number of rotatable bonds is 4. The van der Waals surface area contributed by atoms with Crippen LogP contribution in [-0.2, 0) is 0 Å². The zero-order chi connectivity index (χ0) is 36.0. The van der Waals surface area contributed by atoms with E-state index in [1.165, 1.54) is 45.2 Å². The van der Waals surface area contributed by atoms with Crippen molar-refractivity contribution in [2.45, 2.75) is 41.5 Å². The summed E-state index contributed by atoms with van der Waals surface area (Å²) >= 11 is 0. The predicted molar refractivity (Wildman–Crippen MR) is 214 cm³/mol. The van der Waals surface area contributed by atoms with E-state index in [4.69, 9.17) is 0 Å². The van der Waals surface area contributed by atoms with Gasteiger partial charge < -0.3 is 9.13 Å². The number of hydrogen-bond donors (Lipinski definition) is 0. The number of benzene rings is 7. The van der Waals surface area contributed by atoms with Gasteiger partial charge in [0.2, 0.25) is 0 Å². The van der Waals surface area contributed by atoms with Crippen molar-refractivity contribution in [3.63, 3.8) is 0 Å². The number of nitrogens with zero attached hydrogens (tertiary/aromatic N) is 2. The molecule has 0 radical (unpaired) electrons. The molecule has 0 atom stereocenters. The molecule has 0 saturated carbocycles. The van der Waals surface area contributed by atoms with Crippen molar-refractivity contribution in [1.82, 2.24) is 9.13 Å². The van der Waals surface area contributed by atoms with Gasteiger partial charge in [0.15, 0.2) is 0 Å². The normalized spacial score (nSPS) is 11.8. The minimum absolute atomic E-state index is 0.312. The van der Waals surface area contributed by atoms with Gasteiger partial charge in [0.1, 0.15) is 11.6 Å². The first-order valence-corrected chi connectivity index (χ1v) is 17.8. The monoisotopic (exact) mass is 680 g/mol. The molecular weight excluding hydrogens is 643 g/mol. The molecule has 0 amide bonds. The second-order valence-corrected chi connectivity index (χ2v) is 14.5. The van der Waals surface area contributed by atoms with Gasteiger partial charge in [-0.3, -0.25) is 0 Å². The number of hydrogen-bond acceptors (Lipinski definition) is 0. The maximum Gasteiger partial charge on any atom is 0.123 e. The van der Waals surface area contributed by atoms with Gasteiger partial charge in [0.05, 0.1) is 33.4 Å². The van der Waals surface area contributed by atoms with Gasteiger partial charge in [0.25, 0.3) is 0 Å². The van der Waals surface area contributed by atoms with Crippen LogP contribution in [0.4, 0.5) is 8.78 Å². The van der Waals surface area contributed by atoms with Gasteiger partial charge in [-0.1, -0.05) is 70.8 Å². The molecule has 0 unspecified atom stereocenters. The maximum absolute atomic E-state index is 15.4. The van der Waals surface area contributed by atoms with Crippen LogP contribution >= 0.6 is 0 Å². The van der Waals surface area contributed by atoms with E-state index in [0.717, 1.165) is 77.6 Å². The Bertz CT molecular complexity index is 2750. The Balaban J connectivity index is 1.56. The molecule has 4 heteroatoms. The van der Waals surface area contributed by atoms with Crippen molar-refractivity contribution in [1.29, 1.82) is 0 Å². The average Bonchev–Trinajstić information content (AvgIpc) is 3.59. The largest absolute Gasteiger partial charge is 0.309 e. The van der Waals surface area contributed by atoms with Crippen LogP contribution in [0.1, 0.15) is 33.4 Å². The Labute approximate surface area is 302 Å². The average molecular weight is 681 g/mol. The zero-order valence-electron chi connectivity index (χ0n) is 30.2. The molecule has 2 nitrogen and oxygen atoms in total. The molecule has 2 heterocycles. The highest BCUT2D eigenvalue weighted by atomic mass is 19.1. The Morgan fingerprint density at radius 2 is 0.692 bits per heavy atom. The molecule has 9 aromatic rings. The molecule has 2 aromatic heterocycles. The third-order valence-corrected chi connectivity index (χ3v) is 10.8. The molecule has 52 heavy (non-hydrogen) atoms. The number of aryl methyl sites for hydroxylation is 4. The molecule has 0 aliphatic heterocycles. The van der Waals surface area contributed by atoms with Crippen LogP contribution in [0.5, 0.6) is 0 Å². The lowest BCUT2D eigenvalue weighted by Crippen LogP contribution is -2.10. The molecule has 0 aliphatic rings. The van der Waals surface area contributed by atoms with Gasteiger partial charge in [-0.2, -0.15) is 0 Å². The van der Waals surface area contributed by atoms with E-state index in [0.29, 0.717) is 0 Å². The first-order valence-electron chi connectivity index (χ1n) is 17.8. The van der Waals surface area contributed by atoms with E-state index < -0.39 is 0 Å². The van der Waals surface area contributed by atoms with Crippen molar-refractivity contribution in [2.75, 3.05) is 0 Å². The summed E-state index contributed by atoms with van der Waals surface area (Å²) in [5, 5.41) is 4.63. The van der Waals surface area contributed by atoms with Crippen LogP contribution in [0.25, 0.3) is 77.2 Å². The SMILES string of the molecule is Cc1ccc2c(c1)c1cc(C)ccc1n2-c1c(C)c(-c2cccc(F)c2)c(-n2c3ccc(C)cc3c3cc(C)ccc32)c(-c2cccc(F)c2)c1C. The summed E-state index contributed by atoms with van der Waals surface area (Å²) in [6.45, 7) is 12.8. The minimum Gasteiger partial charge on any atom is -0.309 e. The van der Waals surface area contributed by atoms with Gasteiger partial charge >= 0.3 is 0 Å². The van der Waals surface area contributed by atoms with E-state index in [1.54, 1.807) is 24.3 Å². The number of halogens is 2. The highest BCUT2D eigenvalue weighted by molar-refractivity contribution is 6.13. The Hall–Kier alpha value is -6.00. The third-order valence-electron chi connectivity index (χ3n) is 10.8. The first-order chi connectivity index (χ1) is 25.1. The standard InChI is InChI=1S/C48H38F2N2/c1-27-13-17-41-37(21-27)38-22-28(2)14-18-42(38)51(41)47-31(5)45(33-9-7-11-35(49)25-33)48(46(32(47)6)34-10-8-12-36(50)26-34)52-43-19-15-29(3)23-39(43)40-24-30(4)16-20-44(40)52/h7-26H,1-6H3. The quantitative estimate of drug-likeness (QED) is 0.175. The second-order valence-electron chi connectivity index (χ2n) is 14.5. The molecule has 0 spiro atoms. The molecule has 0 fully saturated rings. The molecule has 254 valence electrons. The highest BCUT2D eigenvalue weighted by Gasteiger charge is 2.28. The van der Waals surface area contributed by atoms with E-state index in [2.05, 4.69) is 123 Å². The van der Waals surface area contributed by atoms with E-state index in [1.807, 2.05) is 12.1 Å². The third kappa shape index (κ3) is 4.81. The molecular formula is C48H38F2N2. The summed E-state index contributed by atoms with van der Waals surface area (Å²) in [5.41, 5.74) is 16.2. The number of fused-ring (bicyclic) bond motifs is 6. The fourth-order valence-corrected chi connectivity index (χ4v) is 8.54. The Morgan fingerprint density at radius 1 is 0.365 bits per heavy atom. The topological polar surface area (TPSA) is 9.86 Å². The van der Waals surface area contributed by atoms with Crippen LogP contribution < -0.4 is 0 Å². The minimum atomic E-state index is -0.312. The molecule has 9 rings (SSSR count). The van der Waals surface area contributed by atoms with Crippen molar-refractivity contribution in [3.8, 4) is 33.6 Å². The van der Waals surface area contributed by atoms with E-state index in [-0.39, 0.29) is 11.6 Å². The molecule has 0 saturated heterocycles. The van der Waals surface area contributed by atoms with Crippen LogP contribution in [0.15, 0.2) is 121 Å². The van der Waals surface area contributed by atoms with Crippen LogP contribution in [-0.4, -0.2) is 9.13 Å². The lowest BCUT2D eigenvalue weighted by Gasteiger charge is -2.27. The van der Waals surface area contributed by atoms with Crippen LogP contribution in [0, 0.1) is 53.2 Å². The summed E-state index contributed by atoms with van der Waals surface area (Å²) < 4.78 is 35.5. The predicted octanol–water partition coefficient (Wildman–Crippen LogP) is 13.3. The zero-order valence-corrected chi connectivity index (χ0v) is 30.2. The summed E-state index contributed by atoms with van der Waals surface area (Å²) in [6, 6.07) is 40.1. The lowest BCUT2D eigenvalue weighted by molar-refractivity contribution is 0.628. The van der Waals surface area contributed by atoms with Gasteiger partial charge in [-0.05, 0) is 137 Å². The number of aromatic nitrogens is 2. The fourth-order valence-electron chi connectivity index (χ4n) is 8.54. The highest BCUT2D eigenvalue weighted by Crippen LogP contribution is 2.49. The maximum atomic E-state index is 15.4. The van der Waals surface area contributed by atoms with Crippen molar-refractivity contribution < 1.29 is 8.78 Å². The van der Waals surface area contributed by atoms with E-state index >= 15 is 8.78 Å². The molecule has 0 N–H and O–H groups in total.